The Morgan fingerprint density at radius 1 is 0.655 bits per heavy atom. The average Bonchev–Trinajstić information content (AvgIpc) is 2.47. The zero-order valence-corrected chi connectivity index (χ0v) is 23.3. The number of rotatable bonds is 4. The summed E-state index contributed by atoms with van der Waals surface area (Å²) < 4.78 is 49.5. The van der Waals surface area contributed by atoms with E-state index in [0.29, 0.717) is 0 Å². The van der Waals surface area contributed by atoms with Gasteiger partial charge in [-0.25, -0.2) is 4.00 Å². The number of nitrogens with zero attached hydrogens (tertiary/aromatic N) is 1. The maximum Gasteiger partial charge on any atom is 0.334 e. The fourth-order valence-corrected chi connectivity index (χ4v) is 27.3. The highest BCUT2D eigenvalue weighted by atomic mass is 31.2. The first kappa shape index (κ1) is 26.9. The molecule has 168 valence electrons. The van der Waals surface area contributed by atoms with Crippen LogP contribution >= 0.6 is 8.69 Å². The highest BCUT2D eigenvalue weighted by molar-refractivity contribution is 7.51. The lowest BCUT2D eigenvalue weighted by atomic mass is 10.2. The summed E-state index contributed by atoms with van der Waals surface area (Å²) in [6.07, 6.45) is 0. The lowest BCUT2D eigenvalue weighted by Crippen LogP contribution is -2.79. The second kappa shape index (κ2) is 8.07. The van der Waals surface area contributed by atoms with Gasteiger partial charge in [-0.05, 0) is 25.3 Å². The number of hydrogen-bond donors (Lipinski definition) is 0. The van der Waals surface area contributed by atoms with Gasteiger partial charge in [0, 0.05) is 0 Å². The quantitative estimate of drug-likeness (QED) is 0.245. The maximum atomic E-state index is 17.6. The molecule has 0 saturated heterocycles. The third kappa shape index (κ3) is 4.29. The first-order valence-electron chi connectivity index (χ1n) is 10.3. The van der Waals surface area contributed by atoms with Crippen LogP contribution in [0.15, 0.2) is 30.3 Å². The maximum absolute atomic E-state index is 17.6. The fourth-order valence-electron chi connectivity index (χ4n) is 5.64. The summed E-state index contributed by atoms with van der Waals surface area (Å²) in [5.74, 6) is 0. The number of halogens is 3. The van der Waals surface area contributed by atoms with E-state index in [-0.39, 0.29) is 0 Å². The summed E-state index contributed by atoms with van der Waals surface area (Å²) >= 11 is 0. The van der Waals surface area contributed by atoms with Crippen LogP contribution in [0.5, 0.6) is 0 Å². The van der Waals surface area contributed by atoms with Crippen LogP contribution in [0.25, 0.3) is 0 Å². The summed E-state index contributed by atoms with van der Waals surface area (Å²) in [5.41, 5.74) is 0. The highest BCUT2D eigenvalue weighted by Gasteiger charge is 2.73. The van der Waals surface area contributed by atoms with E-state index in [1.807, 2.05) is 113 Å². The van der Waals surface area contributed by atoms with E-state index in [2.05, 4.69) is 0 Å². The van der Waals surface area contributed by atoms with Gasteiger partial charge in [0.25, 0.3) is 0 Å². The van der Waals surface area contributed by atoms with Gasteiger partial charge in [0.1, 0.15) is 0 Å². The molecule has 1 aromatic rings. The lowest BCUT2D eigenvalue weighted by Gasteiger charge is -2.63. The minimum atomic E-state index is -4.21. The minimum Gasteiger partial charge on any atom is -0.292 e. The summed E-state index contributed by atoms with van der Waals surface area (Å²) in [7, 11) is -11.2. The van der Waals surface area contributed by atoms with E-state index in [4.69, 9.17) is 0 Å². The van der Waals surface area contributed by atoms with Crippen LogP contribution in [0.1, 0.15) is 83.1 Å². The zero-order valence-electron chi connectivity index (χ0n) is 20.4. The smallest absolute Gasteiger partial charge is 0.292 e. The van der Waals surface area contributed by atoms with Crippen molar-refractivity contribution in [2.24, 2.45) is 0 Å². The van der Waals surface area contributed by atoms with Gasteiger partial charge in [-0.2, -0.15) is 8.39 Å². The van der Waals surface area contributed by atoms with Crippen LogP contribution in [0.3, 0.4) is 0 Å². The van der Waals surface area contributed by atoms with E-state index in [1.54, 1.807) is 0 Å². The summed E-state index contributed by atoms with van der Waals surface area (Å²) in [5, 5.41) is -1.86. The number of benzene rings is 1. The molecule has 29 heavy (non-hydrogen) atoms. The van der Waals surface area contributed by atoms with E-state index in [1.165, 1.54) is 4.00 Å². The van der Waals surface area contributed by atoms with Crippen molar-refractivity contribution in [1.29, 1.82) is 0 Å². The third-order valence-electron chi connectivity index (χ3n) is 6.11. The molecule has 0 N–H and O–H groups in total. The third-order valence-corrected chi connectivity index (χ3v) is 21.7. The Hall–Kier alpha value is -0.166. The molecule has 0 aliphatic rings. The Labute approximate surface area is 180 Å². The molecule has 1 nitrogen and oxygen atoms in total. The first-order chi connectivity index (χ1) is 12.7. The molecular formula is C22H41F3NPSi2. The van der Waals surface area contributed by atoms with E-state index >= 15 is 12.5 Å². The van der Waals surface area contributed by atoms with Gasteiger partial charge in [0.15, 0.2) is 8.24 Å². The molecule has 0 unspecified atom stereocenters. The summed E-state index contributed by atoms with van der Waals surface area (Å²) in [4.78, 5) is 0. The Bertz CT molecular complexity index is 655. The Balaban J connectivity index is 4.28. The van der Waals surface area contributed by atoms with Gasteiger partial charge in [-0.3, -0.25) is 4.11 Å². The SMILES string of the molecule is CC(C)(C)[Si](F)(N(P(F)F)[Si](c1ccccc1)(C(C)(C)C)C(C)(C)C)C(C)(C)C. The average molecular weight is 464 g/mol. The van der Waals surface area contributed by atoms with Crippen molar-refractivity contribution in [1.82, 2.24) is 4.00 Å². The summed E-state index contributed by atoms with van der Waals surface area (Å²) in [6, 6.07) is 9.62. The van der Waals surface area contributed by atoms with Crippen LogP contribution in [0.2, 0.25) is 20.2 Å². The summed E-state index contributed by atoms with van der Waals surface area (Å²) in [6.45, 7) is 23.1. The lowest BCUT2D eigenvalue weighted by molar-refractivity contribution is 0.434. The topological polar surface area (TPSA) is 3.24 Å². The van der Waals surface area contributed by atoms with Crippen molar-refractivity contribution in [2.45, 2.75) is 103 Å². The predicted octanol–water partition coefficient (Wildman–Crippen LogP) is 8.92. The van der Waals surface area contributed by atoms with Gasteiger partial charge in [0.2, 0.25) is 0 Å². The molecule has 0 saturated carbocycles. The molecule has 0 fully saturated rings. The van der Waals surface area contributed by atoms with Crippen LogP contribution in [0, 0.1) is 0 Å². The molecule has 0 aromatic heterocycles. The molecule has 7 heteroatoms. The van der Waals surface area contributed by atoms with Gasteiger partial charge in [-0.15, -0.1) is 0 Å². The van der Waals surface area contributed by atoms with Crippen LogP contribution < -0.4 is 5.19 Å². The van der Waals surface area contributed by atoms with Crippen LogP contribution in [-0.4, -0.2) is 20.8 Å². The Morgan fingerprint density at radius 3 is 1.24 bits per heavy atom. The second-order valence-electron chi connectivity index (χ2n) is 12.2. The van der Waals surface area contributed by atoms with Gasteiger partial charge < -0.3 is 0 Å². The molecule has 0 aliphatic carbocycles. The molecule has 0 amide bonds. The predicted molar refractivity (Wildman–Crippen MR) is 129 cm³/mol. The largest absolute Gasteiger partial charge is 0.334 e. The van der Waals surface area contributed by atoms with Crippen molar-refractivity contribution >= 4 is 30.7 Å². The van der Waals surface area contributed by atoms with Gasteiger partial charge >= 0.3 is 17.3 Å². The van der Waals surface area contributed by atoms with Crippen molar-refractivity contribution in [3.8, 4) is 0 Å². The molecule has 1 aromatic carbocycles. The molecular weight excluding hydrogens is 422 g/mol. The second-order valence-corrected chi connectivity index (χ2v) is 24.4. The van der Waals surface area contributed by atoms with Gasteiger partial charge in [0.05, 0.1) is 0 Å². The van der Waals surface area contributed by atoms with E-state index < -0.39 is 45.7 Å². The van der Waals surface area contributed by atoms with Crippen LogP contribution in [-0.2, 0) is 0 Å². The van der Waals surface area contributed by atoms with Crippen LogP contribution in [0.4, 0.5) is 12.5 Å². The Kier molecular flexibility index (Phi) is 7.48. The van der Waals surface area contributed by atoms with Crippen molar-refractivity contribution in [2.75, 3.05) is 0 Å². The molecule has 0 atom stereocenters. The number of hydrogen-bond acceptors (Lipinski definition) is 1. The highest BCUT2D eigenvalue weighted by Crippen LogP contribution is 2.69. The monoisotopic (exact) mass is 463 g/mol. The molecule has 0 heterocycles. The molecule has 0 bridgehead atoms. The van der Waals surface area contributed by atoms with Crippen molar-refractivity contribution < 1.29 is 12.5 Å². The van der Waals surface area contributed by atoms with Crippen molar-refractivity contribution in [3.63, 3.8) is 0 Å². The van der Waals surface area contributed by atoms with E-state index in [0.717, 1.165) is 5.19 Å². The molecule has 0 radical (unpaired) electrons. The minimum absolute atomic E-state index is 0.508. The first-order valence-corrected chi connectivity index (χ1v) is 15.2. The van der Waals surface area contributed by atoms with Crippen molar-refractivity contribution in [3.05, 3.63) is 30.3 Å². The molecule has 0 aliphatic heterocycles. The Morgan fingerprint density at radius 2 is 1.00 bits per heavy atom. The van der Waals surface area contributed by atoms with Gasteiger partial charge in [-0.1, -0.05) is 113 Å². The standard InChI is InChI=1S/C22H41F3NPSi2/c1-19(2,3)28(20(4,5)6,18-16-14-13-15-17-18)26(27(23)24)29(25,21(7,8)9)22(10,11)12/h13-17H,1-12H3. The fraction of sp³-hybridized carbons (Fsp3) is 0.727. The molecule has 0 spiro atoms. The normalized spacial score (nSPS) is 15.3. The zero-order chi connectivity index (χ0) is 23.3. The van der Waals surface area contributed by atoms with E-state index in [9.17, 15) is 0 Å². The molecule has 1 rings (SSSR count).